The van der Waals surface area contributed by atoms with Gasteiger partial charge in [-0.2, -0.15) is 5.10 Å². The van der Waals surface area contributed by atoms with Gasteiger partial charge in [0.1, 0.15) is 17.5 Å². The molecule has 1 amide bonds. The highest BCUT2D eigenvalue weighted by Gasteiger charge is 2.30. The number of para-hydroxylation sites is 1. The zero-order valence-corrected chi connectivity index (χ0v) is 16.9. The normalized spacial score (nSPS) is 15.9. The van der Waals surface area contributed by atoms with E-state index >= 15 is 0 Å². The molecule has 1 saturated heterocycles. The third-order valence-electron chi connectivity index (χ3n) is 5.68. The molecule has 1 aliphatic heterocycles. The van der Waals surface area contributed by atoms with Gasteiger partial charge in [-0.1, -0.05) is 18.2 Å². The zero-order valence-electron chi connectivity index (χ0n) is 16.9. The van der Waals surface area contributed by atoms with Crippen LogP contribution in [-0.2, 0) is 0 Å². The van der Waals surface area contributed by atoms with E-state index in [4.69, 9.17) is 10.1 Å². The van der Waals surface area contributed by atoms with Crippen LogP contribution in [0.2, 0.25) is 0 Å². The van der Waals surface area contributed by atoms with Crippen molar-refractivity contribution in [1.29, 1.82) is 0 Å². The molecule has 4 aromatic rings. The highest BCUT2D eigenvalue weighted by atomic mass is 19.1. The molecule has 0 saturated carbocycles. The third kappa shape index (κ3) is 3.51. The Balaban J connectivity index is 1.58. The molecule has 0 spiro atoms. The molecule has 9 heteroatoms. The van der Waals surface area contributed by atoms with Crippen LogP contribution >= 0.6 is 0 Å². The lowest BCUT2D eigenvalue weighted by atomic mass is 10.0. The SMILES string of the molecule is O=C(O)Nc1ccccc1-c1cnn2ccc(N3CCCC3c3cc(F)ccc3F)nc12. The predicted octanol–water partition coefficient (Wildman–Crippen LogP) is 5.11. The van der Waals surface area contributed by atoms with Crippen molar-refractivity contribution in [3.63, 3.8) is 0 Å². The Morgan fingerprint density at radius 2 is 1.97 bits per heavy atom. The van der Waals surface area contributed by atoms with Crippen molar-refractivity contribution >= 4 is 23.2 Å². The van der Waals surface area contributed by atoms with Crippen LogP contribution in [0.4, 0.5) is 25.1 Å². The largest absolute Gasteiger partial charge is 0.465 e. The van der Waals surface area contributed by atoms with Crippen molar-refractivity contribution in [2.75, 3.05) is 16.8 Å². The highest BCUT2D eigenvalue weighted by Crippen LogP contribution is 2.38. The minimum absolute atomic E-state index is 0.314. The fourth-order valence-corrected chi connectivity index (χ4v) is 4.29. The second-order valence-corrected chi connectivity index (χ2v) is 7.61. The van der Waals surface area contributed by atoms with E-state index in [9.17, 15) is 13.6 Å². The first-order valence-corrected chi connectivity index (χ1v) is 10.2. The van der Waals surface area contributed by atoms with Crippen molar-refractivity contribution in [3.8, 4) is 11.1 Å². The summed E-state index contributed by atoms with van der Waals surface area (Å²) in [7, 11) is 0. The van der Waals surface area contributed by atoms with Gasteiger partial charge in [0.05, 0.1) is 17.9 Å². The van der Waals surface area contributed by atoms with E-state index < -0.39 is 17.7 Å². The predicted molar refractivity (Wildman–Crippen MR) is 116 cm³/mol. The van der Waals surface area contributed by atoms with Crippen LogP contribution in [0.3, 0.4) is 0 Å². The Labute approximate surface area is 181 Å². The number of amides is 1. The molecule has 32 heavy (non-hydrogen) atoms. The smallest absolute Gasteiger partial charge is 0.409 e. The minimum atomic E-state index is -1.17. The van der Waals surface area contributed by atoms with Crippen LogP contribution in [-0.4, -0.2) is 32.3 Å². The summed E-state index contributed by atoms with van der Waals surface area (Å²) in [6.07, 6.45) is 3.73. The van der Waals surface area contributed by atoms with E-state index in [1.165, 1.54) is 6.07 Å². The number of carbonyl (C=O) groups is 1. The van der Waals surface area contributed by atoms with Gasteiger partial charge >= 0.3 is 6.09 Å². The first-order valence-electron chi connectivity index (χ1n) is 10.2. The molecule has 0 bridgehead atoms. The molecule has 5 rings (SSSR count). The number of nitrogens with one attached hydrogen (secondary N) is 1. The molecular weight excluding hydrogens is 416 g/mol. The Bertz CT molecular complexity index is 1320. The molecule has 2 aromatic heterocycles. The maximum Gasteiger partial charge on any atom is 0.409 e. The minimum Gasteiger partial charge on any atom is -0.465 e. The molecule has 1 fully saturated rings. The quantitative estimate of drug-likeness (QED) is 0.466. The number of hydrogen-bond donors (Lipinski definition) is 2. The summed E-state index contributed by atoms with van der Waals surface area (Å²) in [5.41, 5.74) is 2.57. The van der Waals surface area contributed by atoms with Crippen LogP contribution in [0.25, 0.3) is 16.8 Å². The number of fused-ring (bicyclic) bond motifs is 1. The zero-order chi connectivity index (χ0) is 22.2. The summed E-state index contributed by atoms with van der Waals surface area (Å²) >= 11 is 0. The molecule has 162 valence electrons. The number of benzene rings is 2. The number of aromatic nitrogens is 3. The summed E-state index contributed by atoms with van der Waals surface area (Å²) in [5, 5.41) is 15.9. The molecular formula is C23H19F2N5O2. The van der Waals surface area contributed by atoms with E-state index in [1.807, 2.05) is 4.90 Å². The summed E-state index contributed by atoms with van der Waals surface area (Å²) in [6.45, 7) is 0.657. The van der Waals surface area contributed by atoms with Crippen molar-refractivity contribution in [3.05, 3.63) is 78.1 Å². The third-order valence-corrected chi connectivity index (χ3v) is 5.68. The van der Waals surface area contributed by atoms with Gasteiger partial charge in [0.2, 0.25) is 0 Å². The molecule has 0 radical (unpaired) electrons. The van der Waals surface area contributed by atoms with Crippen LogP contribution in [0.5, 0.6) is 0 Å². The lowest BCUT2D eigenvalue weighted by Crippen LogP contribution is -2.24. The van der Waals surface area contributed by atoms with Crippen molar-refractivity contribution in [2.45, 2.75) is 18.9 Å². The summed E-state index contributed by atoms with van der Waals surface area (Å²) in [4.78, 5) is 17.9. The van der Waals surface area contributed by atoms with Gasteiger partial charge in [0, 0.05) is 29.4 Å². The molecule has 1 atom stereocenters. The summed E-state index contributed by atoms with van der Waals surface area (Å²) in [6, 6.07) is 12.0. The first-order chi connectivity index (χ1) is 15.5. The van der Waals surface area contributed by atoms with E-state index in [-0.39, 0.29) is 6.04 Å². The van der Waals surface area contributed by atoms with Gasteiger partial charge in [-0.3, -0.25) is 5.32 Å². The van der Waals surface area contributed by atoms with Gasteiger partial charge in [0.25, 0.3) is 0 Å². The average Bonchev–Trinajstić information content (AvgIpc) is 3.42. The van der Waals surface area contributed by atoms with Crippen LogP contribution in [0, 0.1) is 11.6 Å². The topological polar surface area (TPSA) is 82.8 Å². The summed E-state index contributed by atoms with van der Waals surface area (Å²) < 4.78 is 29.9. The number of nitrogens with zero attached hydrogens (tertiary/aromatic N) is 4. The van der Waals surface area contributed by atoms with Gasteiger partial charge in [0.15, 0.2) is 5.65 Å². The average molecular weight is 435 g/mol. The monoisotopic (exact) mass is 435 g/mol. The molecule has 0 aliphatic carbocycles. The van der Waals surface area contributed by atoms with Crippen LogP contribution in [0.15, 0.2) is 60.9 Å². The number of carboxylic acid groups (broad SMARTS) is 1. The Hall–Kier alpha value is -4.01. The van der Waals surface area contributed by atoms with Crippen LogP contribution in [0.1, 0.15) is 24.4 Å². The van der Waals surface area contributed by atoms with E-state index in [2.05, 4.69) is 10.4 Å². The first kappa shape index (κ1) is 19.9. The Morgan fingerprint density at radius 3 is 2.81 bits per heavy atom. The fraction of sp³-hybridized carbons (Fsp3) is 0.174. The molecule has 3 heterocycles. The molecule has 1 unspecified atom stereocenters. The van der Waals surface area contributed by atoms with Gasteiger partial charge < -0.3 is 10.0 Å². The van der Waals surface area contributed by atoms with Gasteiger partial charge in [-0.25, -0.2) is 23.1 Å². The molecule has 7 nitrogen and oxygen atoms in total. The number of anilines is 2. The Morgan fingerprint density at radius 1 is 1.12 bits per heavy atom. The second-order valence-electron chi connectivity index (χ2n) is 7.61. The Kier molecular flexibility index (Phi) is 4.93. The molecule has 2 N–H and O–H groups in total. The van der Waals surface area contributed by atoms with Crippen molar-refractivity contribution in [1.82, 2.24) is 14.6 Å². The fourth-order valence-electron chi connectivity index (χ4n) is 4.29. The molecule has 1 aliphatic rings. The van der Waals surface area contributed by atoms with Gasteiger partial charge in [-0.05, 0) is 43.2 Å². The maximum atomic E-state index is 14.5. The van der Waals surface area contributed by atoms with E-state index in [1.54, 1.807) is 47.2 Å². The molecule has 2 aromatic carbocycles. The summed E-state index contributed by atoms with van der Waals surface area (Å²) in [5.74, 6) is -0.297. The van der Waals surface area contributed by atoms with Crippen molar-refractivity contribution < 1.29 is 18.7 Å². The van der Waals surface area contributed by atoms with Crippen LogP contribution < -0.4 is 10.2 Å². The highest BCUT2D eigenvalue weighted by molar-refractivity contribution is 5.93. The lowest BCUT2D eigenvalue weighted by molar-refractivity contribution is 0.210. The van der Waals surface area contributed by atoms with Gasteiger partial charge in [-0.15, -0.1) is 0 Å². The standard InChI is InChI=1S/C23H19F2N5O2/c24-14-7-8-18(25)16(12-14)20-6-3-10-29(20)21-9-11-30-22(28-21)17(13-26-30)15-4-1-2-5-19(15)27-23(31)32/h1-2,4-5,7-9,11-13,20,27H,3,6,10H2,(H,31,32). The number of halogens is 2. The van der Waals surface area contributed by atoms with E-state index in [0.717, 1.165) is 18.6 Å². The van der Waals surface area contributed by atoms with E-state index in [0.29, 0.717) is 46.8 Å². The van der Waals surface area contributed by atoms with Crippen molar-refractivity contribution in [2.24, 2.45) is 0 Å². The lowest BCUT2D eigenvalue weighted by Gasteiger charge is -2.26. The number of rotatable bonds is 4. The number of hydrogen-bond acceptors (Lipinski definition) is 4. The second kappa shape index (κ2) is 7.92. The maximum absolute atomic E-state index is 14.5.